The van der Waals surface area contributed by atoms with Crippen molar-refractivity contribution in [2.45, 2.75) is 45.2 Å². The van der Waals surface area contributed by atoms with Gasteiger partial charge in [-0.15, -0.1) is 0 Å². The number of benzene rings is 2. The highest BCUT2D eigenvalue weighted by Gasteiger charge is 2.29. The Morgan fingerprint density at radius 1 is 0.897 bits per heavy atom. The van der Waals surface area contributed by atoms with E-state index in [-0.39, 0.29) is 24.9 Å². The number of hydrogen-bond donors (Lipinski definition) is 5. The second-order valence-electron chi connectivity index (χ2n) is 9.24. The first-order valence-electron chi connectivity index (χ1n) is 12.2. The molecule has 2 atom stereocenters. The number of carbonyl (C=O) groups is 3. The van der Waals surface area contributed by atoms with Crippen LogP contribution in [0.25, 0.3) is 0 Å². The fourth-order valence-electron chi connectivity index (χ4n) is 3.17. The molecule has 0 radical (unpaired) electrons. The molecule has 0 saturated carbocycles. The van der Waals surface area contributed by atoms with Crippen LogP contribution >= 0.6 is 0 Å². The number of amidine groups is 1. The summed E-state index contributed by atoms with van der Waals surface area (Å²) in [6, 6.07) is 12.5. The van der Waals surface area contributed by atoms with E-state index in [9.17, 15) is 22.8 Å². The van der Waals surface area contributed by atoms with Gasteiger partial charge < -0.3 is 25.8 Å². The van der Waals surface area contributed by atoms with Gasteiger partial charge in [0.05, 0.1) is 12.4 Å². The predicted molar refractivity (Wildman–Crippen MR) is 145 cm³/mol. The van der Waals surface area contributed by atoms with Gasteiger partial charge in [-0.2, -0.15) is 4.72 Å². The smallest absolute Gasteiger partial charge is 0.434 e. The topological polar surface area (TPSA) is 190 Å². The summed E-state index contributed by atoms with van der Waals surface area (Å²) in [5.74, 6) is -1.83. The van der Waals surface area contributed by atoms with Crippen molar-refractivity contribution < 1.29 is 32.3 Å². The average Bonchev–Trinajstić information content (AvgIpc) is 2.88. The van der Waals surface area contributed by atoms with Gasteiger partial charge in [-0.05, 0) is 24.0 Å². The van der Waals surface area contributed by atoms with Gasteiger partial charge in [0.1, 0.15) is 24.5 Å². The van der Waals surface area contributed by atoms with Gasteiger partial charge in [-0.1, -0.05) is 68.4 Å². The van der Waals surface area contributed by atoms with Crippen molar-refractivity contribution in [3.63, 3.8) is 0 Å². The molecule has 6 N–H and O–H groups in total. The molecule has 0 fully saturated rings. The highest BCUT2D eigenvalue weighted by Crippen LogP contribution is 2.07. The van der Waals surface area contributed by atoms with Gasteiger partial charge in [0.15, 0.2) is 0 Å². The van der Waals surface area contributed by atoms with Crippen molar-refractivity contribution in [1.29, 1.82) is 5.41 Å². The van der Waals surface area contributed by atoms with Crippen LogP contribution in [0, 0.1) is 11.3 Å². The van der Waals surface area contributed by atoms with E-state index in [2.05, 4.69) is 15.4 Å². The molecular weight excluding hydrogens is 526 g/mol. The van der Waals surface area contributed by atoms with Crippen molar-refractivity contribution in [1.82, 2.24) is 15.4 Å². The van der Waals surface area contributed by atoms with Crippen LogP contribution in [-0.4, -0.2) is 57.5 Å². The molecule has 212 valence electrons. The molecule has 0 spiro atoms. The van der Waals surface area contributed by atoms with Crippen molar-refractivity contribution in [3.8, 4) is 0 Å². The lowest BCUT2D eigenvalue weighted by molar-refractivity contribution is -0.130. The molecule has 0 aromatic heterocycles. The van der Waals surface area contributed by atoms with Crippen LogP contribution < -0.4 is 21.1 Å². The lowest BCUT2D eigenvalue weighted by atomic mass is 10.1. The van der Waals surface area contributed by atoms with Crippen LogP contribution in [0.4, 0.5) is 4.79 Å². The predicted octanol–water partition coefficient (Wildman–Crippen LogP) is 1.39. The number of nitrogens with two attached hydrogens (primary N) is 1. The summed E-state index contributed by atoms with van der Waals surface area (Å²) in [5, 5.41) is 12.5. The molecule has 0 bridgehead atoms. The van der Waals surface area contributed by atoms with Crippen LogP contribution in [-0.2, 0) is 41.4 Å². The number of nitrogen functional groups attached to an aromatic ring is 1. The molecule has 39 heavy (non-hydrogen) atoms. The van der Waals surface area contributed by atoms with E-state index in [0.29, 0.717) is 11.1 Å². The largest absolute Gasteiger partial charge is 0.508 e. The van der Waals surface area contributed by atoms with E-state index in [4.69, 9.17) is 20.6 Å². The minimum absolute atomic E-state index is 0.0486. The minimum atomic E-state index is -4.03. The molecule has 13 heteroatoms. The van der Waals surface area contributed by atoms with Crippen LogP contribution in [0.1, 0.15) is 37.5 Å². The first-order valence-corrected chi connectivity index (χ1v) is 13.9. The minimum Gasteiger partial charge on any atom is -0.434 e. The maximum atomic E-state index is 13.0. The second kappa shape index (κ2) is 14.8. The third-order valence-corrected chi connectivity index (χ3v) is 6.58. The molecule has 12 nitrogen and oxygen atoms in total. The normalized spacial score (nSPS) is 12.7. The van der Waals surface area contributed by atoms with Crippen LogP contribution in [0.2, 0.25) is 0 Å². The molecule has 0 aliphatic rings. The highest BCUT2D eigenvalue weighted by atomic mass is 32.2. The lowest BCUT2D eigenvalue weighted by Crippen LogP contribution is -2.54. The summed E-state index contributed by atoms with van der Waals surface area (Å²) < 4.78 is 37.7. The molecular formula is C26H35N5O7S. The number of rotatable bonds is 14. The van der Waals surface area contributed by atoms with Gasteiger partial charge in [0, 0.05) is 12.1 Å². The molecule has 0 heterocycles. The molecule has 2 amide bonds. The summed E-state index contributed by atoms with van der Waals surface area (Å²) in [4.78, 5) is 37.4. The molecule has 0 unspecified atom stereocenters. The number of amides is 2. The van der Waals surface area contributed by atoms with Gasteiger partial charge in [-0.25, -0.2) is 13.2 Å². The van der Waals surface area contributed by atoms with E-state index in [1.54, 1.807) is 54.6 Å². The third-order valence-electron chi connectivity index (χ3n) is 5.22. The summed E-state index contributed by atoms with van der Waals surface area (Å²) in [6.07, 6.45) is -1.05. The Morgan fingerprint density at radius 2 is 1.51 bits per heavy atom. The van der Waals surface area contributed by atoms with Crippen molar-refractivity contribution in [3.05, 3.63) is 71.3 Å². The third kappa shape index (κ3) is 11.5. The Balaban J connectivity index is 2.02. The summed E-state index contributed by atoms with van der Waals surface area (Å²) in [7, 11) is -4.03. The molecule has 2 aromatic rings. The molecule has 2 aromatic carbocycles. The first kappa shape index (κ1) is 31.2. The molecule has 0 aliphatic carbocycles. The lowest BCUT2D eigenvalue weighted by Gasteiger charge is -2.21. The number of carbonyl (C=O) groups excluding carboxylic acids is 3. The highest BCUT2D eigenvalue weighted by molar-refractivity contribution is 7.88. The molecule has 2 rings (SSSR count). The first-order chi connectivity index (χ1) is 18.4. The monoisotopic (exact) mass is 561 g/mol. The molecule has 0 aliphatic heterocycles. The Bertz CT molecular complexity index is 1240. The van der Waals surface area contributed by atoms with Gasteiger partial charge in [0.25, 0.3) is 0 Å². The zero-order valence-electron chi connectivity index (χ0n) is 22.1. The summed E-state index contributed by atoms with van der Waals surface area (Å²) >= 11 is 0. The maximum absolute atomic E-state index is 13.0. The number of hydrogen-bond acceptors (Lipinski definition) is 8. The van der Waals surface area contributed by atoms with E-state index in [1.165, 1.54) is 6.92 Å². The zero-order valence-corrected chi connectivity index (χ0v) is 22.9. The van der Waals surface area contributed by atoms with Crippen LogP contribution in [0.15, 0.2) is 54.6 Å². The zero-order chi connectivity index (χ0) is 29.0. The summed E-state index contributed by atoms with van der Waals surface area (Å²) in [6.45, 7) is 4.68. The SMILES string of the molecule is CC(C)COC(=O)OC[C@@H](NS(=O)(=O)Cc1ccccc1)C(=O)N[C@@H](C)C(=O)NCc1ccc(C(=N)N)cc1. The van der Waals surface area contributed by atoms with Gasteiger partial charge in [0.2, 0.25) is 21.8 Å². The number of sulfonamides is 1. The standard InChI is InChI=1S/C26H35N5O7S/c1-17(2)14-37-26(34)38-15-22(31-39(35,36)16-20-7-5-4-6-8-20)25(33)30-18(3)24(32)29-13-19-9-11-21(12-10-19)23(27)28/h4-12,17-18,22,31H,13-16H2,1-3H3,(H3,27,28)(H,29,32)(H,30,33)/t18-,22+/m0/s1. The quantitative estimate of drug-likeness (QED) is 0.130. The average molecular weight is 562 g/mol. The second-order valence-corrected chi connectivity index (χ2v) is 11.0. The molecule has 0 saturated heterocycles. The van der Waals surface area contributed by atoms with Gasteiger partial charge in [-0.3, -0.25) is 15.0 Å². The number of nitrogens with one attached hydrogen (secondary N) is 4. The fourth-order valence-corrected chi connectivity index (χ4v) is 4.49. The Labute approximate surface area is 228 Å². The van der Waals surface area contributed by atoms with Crippen LogP contribution in [0.3, 0.4) is 0 Å². The number of ether oxygens (including phenoxy) is 2. The van der Waals surface area contributed by atoms with Crippen LogP contribution in [0.5, 0.6) is 0 Å². The Hall–Kier alpha value is -3.97. The van der Waals surface area contributed by atoms with Crippen molar-refractivity contribution >= 4 is 33.8 Å². The van der Waals surface area contributed by atoms with Crippen molar-refractivity contribution in [2.75, 3.05) is 13.2 Å². The van der Waals surface area contributed by atoms with Crippen molar-refractivity contribution in [2.24, 2.45) is 11.7 Å². The maximum Gasteiger partial charge on any atom is 0.508 e. The van der Waals surface area contributed by atoms with E-state index in [1.807, 2.05) is 13.8 Å². The van der Waals surface area contributed by atoms with E-state index < -0.39 is 52.4 Å². The van der Waals surface area contributed by atoms with Gasteiger partial charge >= 0.3 is 6.16 Å². The Morgan fingerprint density at radius 3 is 2.10 bits per heavy atom. The van der Waals surface area contributed by atoms with E-state index in [0.717, 1.165) is 5.56 Å². The van der Waals surface area contributed by atoms with E-state index >= 15 is 0 Å². The Kier molecular flexibility index (Phi) is 11.9. The summed E-state index contributed by atoms with van der Waals surface area (Å²) in [5.41, 5.74) is 7.21. The fraction of sp³-hybridized carbons (Fsp3) is 0.385.